The number of morpholine rings is 1. The van der Waals surface area contributed by atoms with Crippen molar-refractivity contribution in [1.82, 2.24) is 18.7 Å². The fraction of sp³-hybridized carbons (Fsp3) is 0.550. The molecule has 12 heteroatoms. The Bertz CT molecular complexity index is 1130. The summed E-state index contributed by atoms with van der Waals surface area (Å²) in [7, 11) is -7.37. The summed E-state index contributed by atoms with van der Waals surface area (Å²) < 4.78 is 64.9. The molecule has 3 heterocycles. The Balaban J connectivity index is 1.41. The number of benzene rings is 1. The number of sulfonamides is 2. The van der Waals surface area contributed by atoms with Gasteiger partial charge in [0.15, 0.2) is 0 Å². The molecule has 0 bridgehead atoms. The number of aromatic nitrogens is 1. The molecule has 0 atom stereocenters. The van der Waals surface area contributed by atoms with Gasteiger partial charge in [-0.2, -0.15) is 8.61 Å². The van der Waals surface area contributed by atoms with Crippen LogP contribution >= 0.6 is 0 Å². The first kappa shape index (κ1) is 23.3. The smallest absolute Gasteiger partial charge is 0.243 e. The highest BCUT2D eigenvalue weighted by atomic mass is 32.2. The maximum absolute atomic E-state index is 13.1. The first-order valence-electron chi connectivity index (χ1n) is 10.5. The van der Waals surface area contributed by atoms with E-state index >= 15 is 0 Å². The predicted octanol–water partition coefficient (Wildman–Crippen LogP) is 0.819. The van der Waals surface area contributed by atoms with Gasteiger partial charge in [-0.1, -0.05) is 5.16 Å². The Morgan fingerprint density at radius 3 is 1.78 bits per heavy atom. The van der Waals surface area contributed by atoms with E-state index in [1.165, 1.54) is 32.9 Å². The average molecular weight is 485 g/mol. The van der Waals surface area contributed by atoms with E-state index in [0.717, 1.165) is 17.0 Å². The van der Waals surface area contributed by atoms with Crippen molar-refractivity contribution >= 4 is 20.0 Å². The number of ether oxygens (including phenoxy) is 1. The molecule has 0 spiro atoms. The van der Waals surface area contributed by atoms with Gasteiger partial charge >= 0.3 is 0 Å². The van der Waals surface area contributed by atoms with Crippen molar-refractivity contribution in [2.45, 2.75) is 30.2 Å². The lowest BCUT2D eigenvalue weighted by atomic mass is 10.2. The highest BCUT2D eigenvalue weighted by Crippen LogP contribution is 2.23. The lowest BCUT2D eigenvalue weighted by Gasteiger charge is -2.34. The van der Waals surface area contributed by atoms with Gasteiger partial charge in [-0.05, 0) is 38.1 Å². The first-order chi connectivity index (χ1) is 15.2. The van der Waals surface area contributed by atoms with Gasteiger partial charge in [0.25, 0.3) is 0 Å². The van der Waals surface area contributed by atoms with Crippen molar-refractivity contribution in [1.29, 1.82) is 0 Å². The summed E-state index contributed by atoms with van der Waals surface area (Å²) in [6.45, 7) is 7.64. The Labute approximate surface area is 188 Å². The van der Waals surface area contributed by atoms with Crippen LogP contribution in [0, 0.1) is 13.8 Å². The van der Waals surface area contributed by atoms with Gasteiger partial charge < -0.3 is 9.26 Å². The maximum atomic E-state index is 13.1. The lowest BCUT2D eigenvalue weighted by molar-refractivity contribution is 0.0730. The zero-order valence-electron chi connectivity index (χ0n) is 18.2. The average Bonchev–Trinajstić information content (AvgIpc) is 3.12. The van der Waals surface area contributed by atoms with E-state index in [-0.39, 0.29) is 9.79 Å². The van der Waals surface area contributed by atoms with Crippen molar-refractivity contribution in [3.63, 3.8) is 0 Å². The molecule has 176 valence electrons. The second-order valence-corrected chi connectivity index (χ2v) is 11.8. The van der Waals surface area contributed by atoms with Crippen LogP contribution in [0.25, 0.3) is 0 Å². The monoisotopic (exact) mass is 484 g/mol. The normalized spacial score (nSPS) is 19.9. The van der Waals surface area contributed by atoms with Crippen LogP contribution in [0.15, 0.2) is 38.6 Å². The summed E-state index contributed by atoms with van der Waals surface area (Å²) in [6.07, 6.45) is 0. The summed E-state index contributed by atoms with van der Waals surface area (Å²) in [5, 5.41) is 3.97. The first-order valence-corrected chi connectivity index (χ1v) is 13.4. The minimum Gasteiger partial charge on any atom is -0.379 e. The second kappa shape index (κ2) is 9.20. The van der Waals surface area contributed by atoms with Crippen molar-refractivity contribution in [2.75, 3.05) is 52.5 Å². The third-order valence-corrected chi connectivity index (χ3v) is 9.79. The van der Waals surface area contributed by atoms with Gasteiger partial charge in [0, 0.05) is 51.4 Å². The van der Waals surface area contributed by atoms with E-state index in [2.05, 4.69) is 10.1 Å². The molecule has 0 radical (unpaired) electrons. The van der Waals surface area contributed by atoms with Crippen LogP contribution in [0.3, 0.4) is 0 Å². The fourth-order valence-electron chi connectivity index (χ4n) is 3.95. The molecular weight excluding hydrogens is 456 g/mol. The van der Waals surface area contributed by atoms with E-state index in [1.54, 1.807) is 0 Å². The predicted molar refractivity (Wildman–Crippen MR) is 116 cm³/mol. The van der Waals surface area contributed by atoms with Gasteiger partial charge in [-0.3, -0.25) is 4.90 Å². The van der Waals surface area contributed by atoms with Crippen molar-refractivity contribution in [3.05, 3.63) is 41.3 Å². The van der Waals surface area contributed by atoms with Crippen LogP contribution in [0.5, 0.6) is 0 Å². The molecule has 0 amide bonds. The van der Waals surface area contributed by atoms with Gasteiger partial charge in [0.05, 0.1) is 28.7 Å². The molecular formula is C20H28N4O6S2. The number of hydrogen-bond acceptors (Lipinski definition) is 8. The zero-order valence-corrected chi connectivity index (χ0v) is 19.9. The lowest BCUT2D eigenvalue weighted by Crippen LogP contribution is -2.48. The minimum absolute atomic E-state index is 0.0858. The summed E-state index contributed by atoms with van der Waals surface area (Å²) >= 11 is 0. The summed E-state index contributed by atoms with van der Waals surface area (Å²) in [4.78, 5) is 2.36. The second-order valence-electron chi connectivity index (χ2n) is 7.97. The van der Waals surface area contributed by atoms with E-state index in [9.17, 15) is 16.8 Å². The molecule has 0 unspecified atom stereocenters. The Kier molecular flexibility index (Phi) is 6.71. The molecule has 10 nitrogen and oxygen atoms in total. The Morgan fingerprint density at radius 2 is 1.31 bits per heavy atom. The Morgan fingerprint density at radius 1 is 0.812 bits per heavy atom. The molecule has 4 rings (SSSR count). The quantitative estimate of drug-likeness (QED) is 0.592. The van der Waals surface area contributed by atoms with Crippen LogP contribution < -0.4 is 0 Å². The molecule has 1 aromatic carbocycles. The van der Waals surface area contributed by atoms with Crippen LogP contribution in [0.4, 0.5) is 0 Å². The molecule has 0 aliphatic carbocycles. The minimum atomic E-state index is -3.70. The molecule has 2 fully saturated rings. The highest BCUT2D eigenvalue weighted by Gasteiger charge is 2.31. The van der Waals surface area contributed by atoms with Crippen LogP contribution in [-0.4, -0.2) is 88.0 Å². The van der Waals surface area contributed by atoms with Crippen molar-refractivity contribution < 1.29 is 26.1 Å². The number of piperazine rings is 1. The van der Waals surface area contributed by atoms with Gasteiger partial charge in [0.2, 0.25) is 20.0 Å². The number of hydrogen-bond donors (Lipinski definition) is 0. The van der Waals surface area contributed by atoms with Gasteiger partial charge in [-0.15, -0.1) is 0 Å². The number of rotatable bonds is 6. The summed E-state index contributed by atoms with van der Waals surface area (Å²) in [5.74, 6) is 0.782. The number of nitrogens with zero attached hydrogens (tertiary/aromatic N) is 4. The van der Waals surface area contributed by atoms with Crippen molar-refractivity contribution in [3.8, 4) is 0 Å². The molecule has 2 aliphatic heterocycles. The molecule has 2 saturated heterocycles. The fourth-order valence-corrected chi connectivity index (χ4v) is 6.78. The SMILES string of the molecule is Cc1noc(C)c1CN1CCN(S(=O)(=O)c2ccc(S(=O)(=O)N3CCOCC3)cc2)CC1. The van der Waals surface area contributed by atoms with Crippen LogP contribution in [-0.2, 0) is 31.3 Å². The molecule has 0 saturated carbocycles. The van der Waals surface area contributed by atoms with E-state index in [1.807, 2.05) is 13.8 Å². The van der Waals surface area contributed by atoms with Crippen molar-refractivity contribution in [2.24, 2.45) is 0 Å². The highest BCUT2D eigenvalue weighted by molar-refractivity contribution is 7.89. The molecule has 0 N–H and O–H groups in total. The summed E-state index contributed by atoms with van der Waals surface area (Å²) in [6, 6.07) is 5.48. The topological polar surface area (TPSA) is 113 Å². The zero-order chi connectivity index (χ0) is 22.9. The summed E-state index contributed by atoms with van der Waals surface area (Å²) in [5.41, 5.74) is 1.89. The maximum Gasteiger partial charge on any atom is 0.243 e. The Hall–Kier alpha value is -1.83. The molecule has 32 heavy (non-hydrogen) atoms. The molecule has 2 aromatic rings. The standard InChI is InChI=1S/C20H28N4O6S2/c1-16-20(17(2)30-21-16)15-22-7-9-23(10-8-22)31(25,26)18-3-5-19(6-4-18)32(27,28)24-11-13-29-14-12-24/h3-6H,7-15H2,1-2H3. The van der Waals surface area contributed by atoms with E-state index in [0.29, 0.717) is 59.0 Å². The van der Waals surface area contributed by atoms with Crippen LogP contribution in [0.2, 0.25) is 0 Å². The number of aryl methyl sites for hydroxylation is 2. The van der Waals surface area contributed by atoms with E-state index < -0.39 is 20.0 Å². The molecule has 2 aliphatic rings. The third-order valence-electron chi connectivity index (χ3n) is 5.96. The third kappa shape index (κ3) is 4.61. The van der Waals surface area contributed by atoms with Gasteiger partial charge in [0.1, 0.15) is 5.76 Å². The molecule has 1 aromatic heterocycles. The van der Waals surface area contributed by atoms with Crippen LogP contribution in [0.1, 0.15) is 17.0 Å². The van der Waals surface area contributed by atoms with Gasteiger partial charge in [-0.25, -0.2) is 16.8 Å². The largest absolute Gasteiger partial charge is 0.379 e. The van der Waals surface area contributed by atoms with E-state index in [4.69, 9.17) is 9.26 Å².